The molecule has 3 heterocycles. The van der Waals surface area contributed by atoms with Gasteiger partial charge in [0.25, 0.3) is 0 Å². The molecule has 1 aliphatic heterocycles. The van der Waals surface area contributed by atoms with E-state index in [-0.39, 0.29) is 12.0 Å². The molecule has 0 saturated carbocycles. The SMILES string of the molecule is C1=CC2Oc3c(cc4c5c3ccc3cccc(c35)n4-c3nc(-c4ccccc4)cc(-c4ccccc4)n3)C2C=C1. The van der Waals surface area contributed by atoms with Gasteiger partial charge < -0.3 is 4.74 Å². The monoisotopic (exact) mass is 513 g/mol. The maximum atomic E-state index is 6.56. The van der Waals surface area contributed by atoms with Gasteiger partial charge in [-0.05, 0) is 35.7 Å². The molecule has 0 N–H and O–H groups in total. The van der Waals surface area contributed by atoms with Gasteiger partial charge in [0.05, 0.1) is 22.4 Å². The summed E-state index contributed by atoms with van der Waals surface area (Å²) in [5.41, 5.74) is 7.34. The van der Waals surface area contributed by atoms with Crippen molar-refractivity contribution in [3.8, 4) is 34.2 Å². The molecular weight excluding hydrogens is 490 g/mol. The molecule has 0 saturated heterocycles. The van der Waals surface area contributed by atoms with Crippen molar-refractivity contribution in [2.45, 2.75) is 12.0 Å². The summed E-state index contributed by atoms with van der Waals surface area (Å²) in [5, 5.41) is 4.77. The fourth-order valence-corrected chi connectivity index (χ4v) is 6.51. The van der Waals surface area contributed by atoms with Crippen LogP contribution in [-0.4, -0.2) is 20.6 Å². The van der Waals surface area contributed by atoms with E-state index >= 15 is 0 Å². The first-order valence-electron chi connectivity index (χ1n) is 13.7. The molecule has 0 bridgehead atoms. The smallest absolute Gasteiger partial charge is 0.235 e. The zero-order valence-electron chi connectivity index (χ0n) is 21.5. The molecule has 0 fully saturated rings. The second-order valence-corrected chi connectivity index (χ2v) is 10.6. The Bertz CT molecular complexity index is 2080. The largest absolute Gasteiger partial charge is 0.484 e. The Labute approximate surface area is 230 Å². The van der Waals surface area contributed by atoms with Crippen molar-refractivity contribution in [3.05, 3.63) is 133 Å². The number of aromatic nitrogens is 3. The first-order valence-corrected chi connectivity index (χ1v) is 13.7. The molecule has 2 atom stereocenters. The highest BCUT2D eigenvalue weighted by molar-refractivity contribution is 6.25. The molecule has 2 aromatic heterocycles. The lowest BCUT2D eigenvalue weighted by Crippen LogP contribution is -2.15. The van der Waals surface area contributed by atoms with E-state index in [4.69, 9.17) is 14.7 Å². The van der Waals surface area contributed by atoms with Gasteiger partial charge in [-0.25, -0.2) is 9.97 Å². The summed E-state index contributed by atoms with van der Waals surface area (Å²) < 4.78 is 8.81. The van der Waals surface area contributed by atoms with E-state index in [1.165, 1.54) is 21.7 Å². The van der Waals surface area contributed by atoms with Crippen LogP contribution in [0.5, 0.6) is 5.75 Å². The van der Waals surface area contributed by atoms with E-state index in [1.807, 2.05) is 12.1 Å². The Morgan fingerprint density at radius 3 is 2.10 bits per heavy atom. The fraction of sp³-hybridized carbons (Fsp3) is 0.0556. The van der Waals surface area contributed by atoms with E-state index in [0.717, 1.165) is 44.7 Å². The van der Waals surface area contributed by atoms with Crippen molar-refractivity contribution < 1.29 is 4.74 Å². The Morgan fingerprint density at radius 2 is 1.35 bits per heavy atom. The summed E-state index contributed by atoms with van der Waals surface area (Å²) >= 11 is 0. The number of ether oxygens (including phenoxy) is 1. The normalized spacial score (nSPS) is 17.5. The lowest BCUT2D eigenvalue weighted by molar-refractivity contribution is 0.271. The van der Waals surface area contributed by atoms with E-state index in [1.54, 1.807) is 0 Å². The van der Waals surface area contributed by atoms with Crippen molar-refractivity contribution in [1.82, 2.24) is 14.5 Å². The Morgan fingerprint density at radius 1 is 0.625 bits per heavy atom. The summed E-state index contributed by atoms with van der Waals surface area (Å²) in [7, 11) is 0. The topological polar surface area (TPSA) is 39.9 Å². The zero-order valence-corrected chi connectivity index (χ0v) is 21.5. The average molecular weight is 514 g/mol. The van der Waals surface area contributed by atoms with Crippen molar-refractivity contribution in [3.63, 3.8) is 0 Å². The quantitative estimate of drug-likeness (QED) is 0.223. The van der Waals surface area contributed by atoms with Crippen LogP contribution in [-0.2, 0) is 0 Å². The molecular formula is C36H23N3O. The van der Waals surface area contributed by atoms with Crippen LogP contribution in [0.3, 0.4) is 0 Å². The number of rotatable bonds is 3. The maximum absolute atomic E-state index is 6.56. The molecule has 1 aliphatic carbocycles. The van der Waals surface area contributed by atoms with Gasteiger partial charge in [0.2, 0.25) is 5.95 Å². The van der Waals surface area contributed by atoms with Crippen LogP contribution in [0.25, 0.3) is 61.0 Å². The predicted octanol–water partition coefficient (Wildman–Crippen LogP) is 8.47. The number of allylic oxidation sites excluding steroid dienone is 2. The fourth-order valence-electron chi connectivity index (χ4n) is 6.51. The first kappa shape index (κ1) is 21.7. The molecule has 5 aromatic carbocycles. The first-order chi connectivity index (χ1) is 19.8. The summed E-state index contributed by atoms with van der Waals surface area (Å²) in [6, 6.07) is 36.0. The lowest BCUT2D eigenvalue weighted by atomic mass is 9.90. The van der Waals surface area contributed by atoms with Gasteiger partial charge in [-0.1, -0.05) is 97.1 Å². The third kappa shape index (κ3) is 3.02. The van der Waals surface area contributed by atoms with E-state index in [2.05, 4.69) is 120 Å². The summed E-state index contributed by atoms with van der Waals surface area (Å²) in [4.78, 5) is 10.4. The lowest BCUT2D eigenvalue weighted by Gasteiger charge is -2.14. The van der Waals surface area contributed by atoms with Gasteiger partial charge in [0, 0.05) is 38.8 Å². The average Bonchev–Trinajstić information content (AvgIpc) is 3.57. The van der Waals surface area contributed by atoms with Gasteiger partial charge in [0.15, 0.2) is 0 Å². The Hall–Kier alpha value is -5.22. The molecule has 0 amide bonds. The van der Waals surface area contributed by atoms with Gasteiger partial charge in [-0.15, -0.1) is 0 Å². The summed E-state index contributed by atoms with van der Waals surface area (Å²) in [5.74, 6) is 1.85. The third-order valence-corrected chi connectivity index (χ3v) is 8.31. The van der Waals surface area contributed by atoms with Crippen molar-refractivity contribution >= 4 is 32.6 Å². The predicted molar refractivity (Wildman–Crippen MR) is 161 cm³/mol. The van der Waals surface area contributed by atoms with Crippen molar-refractivity contribution in [2.24, 2.45) is 0 Å². The highest BCUT2D eigenvalue weighted by Crippen LogP contribution is 2.50. The van der Waals surface area contributed by atoms with Crippen molar-refractivity contribution in [1.29, 1.82) is 0 Å². The number of nitrogens with zero attached hydrogens (tertiary/aromatic N) is 3. The van der Waals surface area contributed by atoms with E-state index < -0.39 is 0 Å². The standard InChI is InChI=1S/C36H23N3O/c1-3-10-22(11-4-1)28-21-29(23-12-5-2-6-13-23)38-36(37-28)39-30-16-9-14-24-18-19-26-34(33(24)30)31(39)20-27-25-15-7-8-17-32(25)40-35(26)27/h1-21,25,32H. The molecule has 188 valence electrons. The number of hydrogen-bond donors (Lipinski definition) is 0. The van der Waals surface area contributed by atoms with Crippen LogP contribution in [0.4, 0.5) is 0 Å². The van der Waals surface area contributed by atoms with Crippen LogP contribution in [0.15, 0.2) is 127 Å². The molecule has 9 rings (SSSR count). The second kappa shape index (κ2) is 8.14. The Balaban J connectivity index is 1.39. The molecule has 4 nitrogen and oxygen atoms in total. The van der Waals surface area contributed by atoms with Crippen LogP contribution in [0, 0.1) is 0 Å². The Kier molecular flexibility index (Phi) is 4.41. The van der Waals surface area contributed by atoms with Crippen LogP contribution >= 0.6 is 0 Å². The minimum Gasteiger partial charge on any atom is -0.484 e. The molecule has 0 radical (unpaired) electrons. The van der Waals surface area contributed by atoms with Gasteiger partial charge in [-0.3, -0.25) is 4.57 Å². The molecule has 0 spiro atoms. The van der Waals surface area contributed by atoms with Crippen molar-refractivity contribution in [2.75, 3.05) is 0 Å². The van der Waals surface area contributed by atoms with E-state index in [0.29, 0.717) is 5.95 Å². The number of fused-ring (bicyclic) bond motifs is 4. The van der Waals surface area contributed by atoms with Gasteiger partial charge in [-0.2, -0.15) is 0 Å². The third-order valence-electron chi connectivity index (χ3n) is 8.31. The molecule has 2 aliphatic rings. The zero-order chi connectivity index (χ0) is 26.2. The summed E-state index contributed by atoms with van der Waals surface area (Å²) in [6.45, 7) is 0. The van der Waals surface area contributed by atoms with Crippen LogP contribution in [0.1, 0.15) is 11.5 Å². The minimum absolute atomic E-state index is 0.0274. The van der Waals surface area contributed by atoms with Crippen LogP contribution in [0.2, 0.25) is 0 Å². The number of benzene rings is 5. The highest BCUT2D eigenvalue weighted by atomic mass is 16.5. The van der Waals surface area contributed by atoms with E-state index in [9.17, 15) is 0 Å². The second-order valence-electron chi connectivity index (χ2n) is 10.6. The molecule has 40 heavy (non-hydrogen) atoms. The highest BCUT2D eigenvalue weighted by Gasteiger charge is 2.35. The maximum Gasteiger partial charge on any atom is 0.235 e. The number of hydrogen-bond acceptors (Lipinski definition) is 3. The van der Waals surface area contributed by atoms with Crippen LogP contribution < -0.4 is 4.74 Å². The van der Waals surface area contributed by atoms with Gasteiger partial charge >= 0.3 is 0 Å². The molecule has 2 unspecified atom stereocenters. The molecule has 4 heteroatoms. The minimum atomic E-state index is 0.0274. The van der Waals surface area contributed by atoms with Gasteiger partial charge in [0.1, 0.15) is 11.9 Å². The molecule has 7 aromatic rings. The summed E-state index contributed by atoms with van der Waals surface area (Å²) in [6.07, 6.45) is 8.64.